The van der Waals surface area contributed by atoms with Gasteiger partial charge < -0.3 is 40.4 Å². The van der Waals surface area contributed by atoms with Gasteiger partial charge in [-0.3, -0.25) is 14.4 Å². The number of carbonyl (C=O) groups is 3. The van der Waals surface area contributed by atoms with Crippen molar-refractivity contribution in [1.82, 2.24) is 0 Å². The van der Waals surface area contributed by atoms with Crippen LogP contribution in [0.25, 0.3) is 0 Å². The fraction of sp³-hybridized carbons (Fsp3) is 0.464. The van der Waals surface area contributed by atoms with Gasteiger partial charge in [-0.05, 0) is 13.0 Å². The van der Waals surface area contributed by atoms with E-state index in [1.165, 1.54) is 25.3 Å². The van der Waals surface area contributed by atoms with E-state index in [1.54, 1.807) is 13.8 Å². The number of ketones is 3. The lowest BCUT2D eigenvalue weighted by molar-refractivity contribution is -0.247. The Morgan fingerprint density at radius 3 is 2.49 bits per heavy atom. The first-order valence-electron chi connectivity index (χ1n) is 12.8. The minimum atomic E-state index is -1.99. The number of carbonyl (C=O) groups excluding carboxylic acids is 3. The summed E-state index contributed by atoms with van der Waals surface area (Å²) in [4.78, 5) is 40.1. The van der Waals surface area contributed by atoms with Crippen molar-refractivity contribution in [3.8, 4) is 17.2 Å². The SMILES string of the molecule is CCC(=O)C1(O)Cc2c(O)c3c(c(O)c2[C@@H](O[C@H]2C[C@H](N)[C@H](O)[C@H](C)O2)C1)C(=O)c1c(OC)cccc1C3=O. The van der Waals surface area contributed by atoms with Crippen LogP contribution in [0.5, 0.6) is 17.2 Å². The number of aliphatic hydroxyl groups is 2. The van der Waals surface area contributed by atoms with E-state index in [9.17, 15) is 34.8 Å². The van der Waals surface area contributed by atoms with Gasteiger partial charge in [0.25, 0.3) is 0 Å². The molecule has 0 radical (unpaired) electrons. The molecular formula is C28H31NO10. The van der Waals surface area contributed by atoms with Crippen LogP contribution in [0.15, 0.2) is 18.2 Å². The Morgan fingerprint density at radius 2 is 1.85 bits per heavy atom. The molecule has 3 aliphatic rings. The van der Waals surface area contributed by atoms with Crippen LogP contribution in [0.3, 0.4) is 0 Å². The normalized spacial score (nSPS) is 29.8. The molecule has 0 saturated carbocycles. The smallest absolute Gasteiger partial charge is 0.202 e. The zero-order valence-electron chi connectivity index (χ0n) is 21.8. The van der Waals surface area contributed by atoms with Gasteiger partial charge in [0.15, 0.2) is 17.9 Å². The summed E-state index contributed by atoms with van der Waals surface area (Å²) < 4.78 is 17.1. The first-order valence-corrected chi connectivity index (χ1v) is 12.8. The van der Waals surface area contributed by atoms with Crippen molar-refractivity contribution in [2.24, 2.45) is 5.73 Å². The molecule has 5 rings (SSSR count). The Labute approximate surface area is 224 Å². The molecule has 1 fully saturated rings. The number of benzene rings is 2. The van der Waals surface area contributed by atoms with E-state index >= 15 is 0 Å². The number of phenols is 2. The molecule has 208 valence electrons. The second kappa shape index (κ2) is 9.68. The monoisotopic (exact) mass is 541 g/mol. The van der Waals surface area contributed by atoms with E-state index in [0.717, 1.165) is 0 Å². The Hall–Kier alpha value is -3.35. The molecule has 11 nitrogen and oxygen atoms in total. The van der Waals surface area contributed by atoms with Gasteiger partial charge in [0.2, 0.25) is 5.78 Å². The molecule has 1 saturated heterocycles. The van der Waals surface area contributed by atoms with E-state index in [0.29, 0.717) is 0 Å². The van der Waals surface area contributed by atoms with Crippen molar-refractivity contribution >= 4 is 17.3 Å². The maximum Gasteiger partial charge on any atom is 0.202 e. The Bertz CT molecular complexity index is 1380. The molecule has 1 aliphatic heterocycles. The second-order valence-corrected chi connectivity index (χ2v) is 10.4. The van der Waals surface area contributed by atoms with E-state index in [1.807, 2.05) is 0 Å². The number of aliphatic hydroxyl groups excluding tert-OH is 1. The predicted molar refractivity (Wildman–Crippen MR) is 135 cm³/mol. The van der Waals surface area contributed by atoms with Crippen LogP contribution in [0.1, 0.15) is 82.2 Å². The highest BCUT2D eigenvalue weighted by Gasteiger charge is 2.49. The van der Waals surface area contributed by atoms with Crippen molar-refractivity contribution in [3.63, 3.8) is 0 Å². The molecule has 11 heteroatoms. The average Bonchev–Trinajstić information content (AvgIpc) is 2.90. The van der Waals surface area contributed by atoms with Crippen molar-refractivity contribution in [1.29, 1.82) is 0 Å². The standard InChI is InChI=1S/C28H31NO10/c1-4-17(30)28(36)9-13-20(16(10-28)39-18-8-14(29)23(31)11(2)38-18)27(35)22-21(25(13)33)24(32)12-6-5-7-15(37-3)19(12)26(22)34/h5-7,11,14,16,18,23,31,33,35-36H,4,8-10,29H2,1-3H3/t11-,14-,16-,18-,23+,28?/m0/s1. The highest BCUT2D eigenvalue weighted by atomic mass is 16.7. The second-order valence-electron chi connectivity index (χ2n) is 10.4. The molecule has 1 heterocycles. The zero-order chi connectivity index (χ0) is 28.4. The highest BCUT2D eigenvalue weighted by molar-refractivity contribution is 6.31. The van der Waals surface area contributed by atoms with Gasteiger partial charge in [-0.15, -0.1) is 0 Å². The van der Waals surface area contributed by atoms with Crippen molar-refractivity contribution in [2.45, 2.75) is 75.8 Å². The highest BCUT2D eigenvalue weighted by Crippen LogP contribution is 2.52. The van der Waals surface area contributed by atoms with Crippen molar-refractivity contribution in [3.05, 3.63) is 51.6 Å². The molecule has 0 amide bonds. The molecule has 2 aliphatic carbocycles. The number of methoxy groups -OCH3 is 1. The molecule has 0 bridgehead atoms. The lowest BCUT2D eigenvalue weighted by atomic mass is 9.71. The molecule has 2 aromatic rings. The molecule has 0 spiro atoms. The number of hydrogen-bond acceptors (Lipinski definition) is 11. The number of fused-ring (bicyclic) bond motifs is 3. The summed E-state index contributed by atoms with van der Waals surface area (Å²) in [5.41, 5.74) is 3.03. The van der Waals surface area contributed by atoms with Crippen LogP contribution in [-0.4, -0.2) is 75.0 Å². The lowest BCUT2D eigenvalue weighted by Crippen LogP contribution is -2.52. The van der Waals surface area contributed by atoms with Crippen LogP contribution in [0.4, 0.5) is 0 Å². The summed E-state index contributed by atoms with van der Waals surface area (Å²) >= 11 is 0. The molecule has 6 atom stereocenters. The van der Waals surface area contributed by atoms with Gasteiger partial charge in [0.1, 0.15) is 22.8 Å². The number of nitrogens with two attached hydrogens (primary N) is 1. The molecular weight excluding hydrogens is 510 g/mol. The minimum Gasteiger partial charge on any atom is -0.507 e. The molecule has 6 N–H and O–H groups in total. The summed E-state index contributed by atoms with van der Waals surface area (Å²) in [5.74, 6) is -3.07. The molecule has 2 aromatic carbocycles. The number of Topliss-reactive ketones (excluding diaryl/α,β-unsaturated/α-hetero) is 1. The van der Waals surface area contributed by atoms with Crippen molar-refractivity contribution < 1.29 is 49.0 Å². The van der Waals surface area contributed by atoms with Crippen LogP contribution in [0, 0.1) is 0 Å². The van der Waals surface area contributed by atoms with E-state index < -0.39 is 82.6 Å². The number of hydrogen-bond donors (Lipinski definition) is 5. The van der Waals surface area contributed by atoms with Crippen LogP contribution in [-0.2, 0) is 20.7 Å². The molecule has 39 heavy (non-hydrogen) atoms. The maximum atomic E-state index is 13.7. The largest absolute Gasteiger partial charge is 0.507 e. The average molecular weight is 542 g/mol. The summed E-state index contributed by atoms with van der Waals surface area (Å²) in [5, 5.41) is 44.5. The van der Waals surface area contributed by atoms with E-state index in [-0.39, 0.29) is 47.3 Å². The molecule has 0 aromatic heterocycles. The van der Waals surface area contributed by atoms with Crippen LogP contribution in [0.2, 0.25) is 0 Å². The third-order valence-electron chi connectivity index (χ3n) is 7.98. The third kappa shape index (κ3) is 4.12. The topological polar surface area (TPSA) is 186 Å². The third-order valence-corrected chi connectivity index (χ3v) is 7.98. The maximum absolute atomic E-state index is 13.7. The van der Waals surface area contributed by atoms with E-state index in [4.69, 9.17) is 19.9 Å². The Morgan fingerprint density at radius 1 is 1.15 bits per heavy atom. The summed E-state index contributed by atoms with van der Waals surface area (Å²) in [6, 6.07) is 3.76. The number of rotatable bonds is 5. The summed E-state index contributed by atoms with van der Waals surface area (Å²) in [6.07, 6.45) is -4.53. The van der Waals surface area contributed by atoms with Crippen molar-refractivity contribution in [2.75, 3.05) is 7.11 Å². The molecule has 1 unspecified atom stereocenters. The van der Waals surface area contributed by atoms with Gasteiger partial charge in [0.05, 0.1) is 42.1 Å². The van der Waals surface area contributed by atoms with Crippen LogP contribution < -0.4 is 10.5 Å². The Kier molecular flexibility index (Phi) is 6.76. The lowest BCUT2D eigenvalue weighted by Gasteiger charge is -2.42. The predicted octanol–water partition coefficient (Wildman–Crippen LogP) is 1.42. The summed E-state index contributed by atoms with van der Waals surface area (Å²) in [6.45, 7) is 3.19. The van der Waals surface area contributed by atoms with Crippen LogP contribution >= 0.6 is 0 Å². The number of ether oxygens (including phenoxy) is 3. The number of aromatic hydroxyl groups is 2. The van der Waals surface area contributed by atoms with E-state index in [2.05, 4.69) is 0 Å². The van der Waals surface area contributed by atoms with Gasteiger partial charge >= 0.3 is 0 Å². The first-order chi connectivity index (χ1) is 18.4. The van der Waals surface area contributed by atoms with Gasteiger partial charge in [0, 0.05) is 48.4 Å². The van der Waals surface area contributed by atoms with Gasteiger partial charge in [-0.1, -0.05) is 19.1 Å². The fourth-order valence-electron chi connectivity index (χ4n) is 5.93. The summed E-state index contributed by atoms with van der Waals surface area (Å²) in [7, 11) is 1.34. The Balaban J connectivity index is 1.69. The van der Waals surface area contributed by atoms with Gasteiger partial charge in [-0.25, -0.2) is 0 Å². The van der Waals surface area contributed by atoms with Gasteiger partial charge in [-0.2, -0.15) is 0 Å². The minimum absolute atomic E-state index is 0.0119. The quantitative estimate of drug-likeness (QED) is 0.294. The zero-order valence-corrected chi connectivity index (χ0v) is 21.8. The fourth-order valence-corrected chi connectivity index (χ4v) is 5.93. The first kappa shape index (κ1) is 27.2. The number of phenolic OH excluding ortho intramolecular Hbond substituents is 2.